The van der Waals surface area contributed by atoms with Gasteiger partial charge in [0.2, 0.25) is 5.56 Å². The van der Waals surface area contributed by atoms with Crippen molar-refractivity contribution >= 4 is 32.7 Å². The minimum absolute atomic E-state index is 0.0436. The van der Waals surface area contributed by atoms with E-state index >= 15 is 0 Å². The van der Waals surface area contributed by atoms with Crippen LogP contribution in [0.15, 0.2) is 33.5 Å². The molecule has 1 aromatic carbocycles. The lowest BCUT2D eigenvalue weighted by Crippen LogP contribution is -2.46. The molecule has 0 atom stereocenters. The highest BCUT2D eigenvalue weighted by Gasteiger charge is 2.27. The Morgan fingerprint density at radius 1 is 1.33 bits per heavy atom. The van der Waals surface area contributed by atoms with Crippen molar-refractivity contribution in [2.24, 2.45) is 0 Å². The van der Waals surface area contributed by atoms with Crippen molar-refractivity contribution in [3.63, 3.8) is 0 Å². The molecule has 2 heterocycles. The molecule has 1 saturated heterocycles. The molecule has 0 spiro atoms. The zero-order chi connectivity index (χ0) is 17.1. The fourth-order valence-electron chi connectivity index (χ4n) is 3.38. The Labute approximate surface area is 149 Å². The molecule has 6 heteroatoms. The van der Waals surface area contributed by atoms with Crippen LogP contribution >= 0.6 is 15.9 Å². The number of pyridine rings is 1. The Morgan fingerprint density at radius 3 is 2.79 bits per heavy atom. The molecular weight excluding hydrogens is 370 g/mol. The number of rotatable bonds is 4. The number of aromatic amines is 1. The standard InChI is InChI=1S/C18H22BrN3O2/c1-2-10-22(12-6-8-20-9-7-12)18(24)14-11-16(23)21-17-13(14)4-3-5-15(17)19/h3-5,11-12,20H,2,6-10H2,1H3,(H,21,23). The van der Waals surface area contributed by atoms with E-state index in [0.717, 1.165) is 42.2 Å². The second-order valence-corrected chi connectivity index (χ2v) is 7.04. The number of nitrogens with one attached hydrogen (secondary N) is 2. The maximum absolute atomic E-state index is 13.2. The van der Waals surface area contributed by atoms with Crippen LogP contribution in [0.2, 0.25) is 0 Å². The van der Waals surface area contributed by atoms with Crippen molar-refractivity contribution in [1.82, 2.24) is 15.2 Å². The first-order chi connectivity index (χ1) is 11.6. The highest BCUT2D eigenvalue weighted by Crippen LogP contribution is 2.25. The highest BCUT2D eigenvalue weighted by atomic mass is 79.9. The molecule has 0 radical (unpaired) electrons. The fraction of sp³-hybridized carbons (Fsp3) is 0.444. The van der Waals surface area contributed by atoms with Gasteiger partial charge < -0.3 is 15.2 Å². The van der Waals surface area contributed by atoms with Gasteiger partial charge >= 0.3 is 0 Å². The topological polar surface area (TPSA) is 65.2 Å². The Balaban J connectivity index is 2.05. The van der Waals surface area contributed by atoms with E-state index < -0.39 is 0 Å². The van der Waals surface area contributed by atoms with E-state index in [0.29, 0.717) is 17.6 Å². The summed E-state index contributed by atoms with van der Waals surface area (Å²) in [5.74, 6) is -0.0436. The van der Waals surface area contributed by atoms with Crippen LogP contribution in [-0.4, -0.2) is 41.5 Å². The normalized spacial score (nSPS) is 15.6. The molecule has 2 aromatic rings. The number of fused-ring (bicyclic) bond motifs is 1. The third-order valence-electron chi connectivity index (χ3n) is 4.53. The molecular formula is C18H22BrN3O2. The number of benzene rings is 1. The van der Waals surface area contributed by atoms with Crippen molar-refractivity contribution in [2.45, 2.75) is 32.2 Å². The monoisotopic (exact) mass is 391 g/mol. The highest BCUT2D eigenvalue weighted by molar-refractivity contribution is 9.10. The van der Waals surface area contributed by atoms with Crippen LogP contribution in [-0.2, 0) is 0 Å². The number of H-pyrrole nitrogens is 1. The summed E-state index contributed by atoms with van der Waals surface area (Å²) in [5, 5.41) is 4.12. The molecule has 0 bridgehead atoms. The second kappa shape index (κ2) is 7.49. The number of hydrogen-bond donors (Lipinski definition) is 2. The molecule has 5 nitrogen and oxygen atoms in total. The summed E-state index contributed by atoms with van der Waals surface area (Å²) in [6.45, 7) is 4.65. The van der Waals surface area contributed by atoms with Crippen molar-refractivity contribution in [2.75, 3.05) is 19.6 Å². The summed E-state index contributed by atoms with van der Waals surface area (Å²) in [6.07, 6.45) is 2.81. The van der Waals surface area contributed by atoms with E-state index in [9.17, 15) is 9.59 Å². The Kier molecular flexibility index (Phi) is 5.36. The van der Waals surface area contributed by atoms with Gasteiger partial charge in [-0.1, -0.05) is 19.1 Å². The second-order valence-electron chi connectivity index (χ2n) is 6.19. The average Bonchev–Trinajstić information content (AvgIpc) is 2.60. The van der Waals surface area contributed by atoms with Crippen LogP contribution in [0.4, 0.5) is 0 Å². The predicted octanol–water partition coefficient (Wildman–Crippen LogP) is 2.89. The zero-order valence-electron chi connectivity index (χ0n) is 13.8. The van der Waals surface area contributed by atoms with Gasteiger partial charge in [0.1, 0.15) is 0 Å². The van der Waals surface area contributed by atoms with Crippen LogP contribution in [0.1, 0.15) is 36.5 Å². The number of halogens is 1. The molecule has 1 aliphatic heterocycles. The first-order valence-corrected chi connectivity index (χ1v) is 9.24. The zero-order valence-corrected chi connectivity index (χ0v) is 15.4. The molecule has 3 rings (SSSR count). The van der Waals surface area contributed by atoms with Crippen LogP contribution in [0.3, 0.4) is 0 Å². The smallest absolute Gasteiger partial charge is 0.254 e. The van der Waals surface area contributed by atoms with Gasteiger partial charge in [-0.05, 0) is 54.3 Å². The van der Waals surface area contributed by atoms with Crippen molar-refractivity contribution in [3.8, 4) is 0 Å². The summed E-state index contributed by atoms with van der Waals surface area (Å²) in [4.78, 5) is 30.1. The number of amides is 1. The van der Waals surface area contributed by atoms with E-state index in [1.54, 1.807) is 0 Å². The van der Waals surface area contributed by atoms with E-state index in [-0.39, 0.29) is 17.5 Å². The summed E-state index contributed by atoms with van der Waals surface area (Å²) >= 11 is 3.46. The predicted molar refractivity (Wildman–Crippen MR) is 99.5 cm³/mol. The SMILES string of the molecule is CCCN(C(=O)c1cc(=O)[nH]c2c(Br)cccc12)C1CCNCC1. The van der Waals surface area contributed by atoms with Gasteiger partial charge in [0, 0.05) is 28.5 Å². The lowest BCUT2D eigenvalue weighted by atomic mass is 10.0. The summed E-state index contributed by atoms with van der Waals surface area (Å²) < 4.78 is 0.788. The first kappa shape index (κ1) is 17.2. The van der Waals surface area contributed by atoms with Crippen LogP contribution in [0.25, 0.3) is 10.9 Å². The molecule has 1 aliphatic rings. The average molecular weight is 392 g/mol. The Hall–Kier alpha value is -1.66. The number of nitrogens with zero attached hydrogens (tertiary/aromatic N) is 1. The molecule has 0 saturated carbocycles. The molecule has 0 unspecified atom stereocenters. The molecule has 2 N–H and O–H groups in total. The molecule has 128 valence electrons. The van der Waals surface area contributed by atoms with E-state index in [2.05, 4.69) is 33.2 Å². The van der Waals surface area contributed by atoms with Gasteiger partial charge in [0.25, 0.3) is 5.91 Å². The first-order valence-electron chi connectivity index (χ1n) is 8.45. The molecule has 1 aromatic heterocycles. The quantitative estimate of drug-likeness (QED) is 0.841. The van der Waals surface area contributed by atoms with Crippen LogP contribution in [0, 0.1) is 0 Å². The third kappa shape index (κ3) is 3.39. The molecule has 1 amide bonds. The van der Waals surface area contributed by atoms with Gasteiger partial charge in [-0.2, -0.15) is 0 Å². The number of piperidine rings is 1. The number of hydrogen-bond acceptors (Lipinski definition) is 3. The summed E-state index contributed by atoms with van der Waals surface area (Å²) in [7, 11) is 0. The number of aromatic nitrogens is 1. The van der Waals surface area contributed by atoms with E-state index in [1.165, 1.54) is 6.07 Å². The maximum Gasteiger partial charge on any atom is 0.254 e. The molecule has 0 aliphatic carbocycles. The largest absolute Gasteiger partial charge is 0.336 e. The number of carbonyl (C=O) groups excluding carboxylic acids is 1. The summed E-state index contributed by atoms with van der Waals surface area (Å²) in [6, 6.07) is 7.30. The van der Waals surface area contributed by atoms with E-state index in [1.807, 2.05) is 23.1 Å². The van der Waals surface area contributed by atoms with Crippen molar-refractivity contribution < 1.29 is 4.79 Å². The number of para-hydroxylation sites is 1. The number of carbonyl (C=O) groups is 1. The van der Waals surface area contributed by atoms with Crippen LogP contribution < -0.4 is 10.9 Å². The van der Waals surface area contributed by atoms with Gasteiger partial charge in [0.15, 0.2) is 0 Å². The fourth-order valence-corrected chi connectivity index (χ4v) is 3.85. The van der Waals surface area contributed by atoms with Crippen molar-refractivity contribution in [1.29, 1.82) is 0 Å². The van der Waals surface area contributed by atoms with Gasteiger partial charge in [-0.3, -0.25) is 9.59 Å². The van der Waals surface area contributed by atoms with Crippen molar-refractivity contribution in [3.05, 3.63) is 44.7 Å². The minimum Gasteiger partial charge on any atom is -0.336 e. The van der Waals surface area contributed by atoms with Gasteiger partial charge in [0.05, 0.1) is 11.1 Å². The van der Waals surface area contributed by atoms with E-state index in [4.69, 9.17) is 0 Å². The maximum atomic E-state index is 13.2. The lowest BCUT2D eigenvalue weighted by Gasteiger charge is -2.34. The Morgan fingerprint density at radius 2 is 2.08 bits per heavy atom. The lowest BCUT2D eigenvalue weighted by molar-refractivity contribution is 0.0644. The third-order valence-corrected chi connectivity index (χ3v) is 5.19. The summed E-state index contributed by atoms with van der Waals surface area (Å²) in [5.41, 5.74) is 0.914. The van der Waals surface area contributed by atoms with Gasteiger partial charge in [-0.15, -0.1) is 0 Å². The molecule has 1 fully saturated rings. The van der Waals surface area contributed by atoms with Crippen LogP contribution in [0.5, 0.6) is 0 Å². The van der Waals surface area contributed by atoms with Gasteiger partial charge in [-0.25, -0.2) is 0 Å². The Bertz CT molecular complexity index is 796. The minimum atomic E-state index is -0.250. The molecule has 24 heavy (non-hydrogen) atoms.